The molecular weight excluding hydrogens is 460 g/mol. The summed E-state index contributed by atoms with van der Waals surface area (Å²) in [5.41, 5.74) is 1.52. The SMILES string of the molecule is COc1ccc(-c2nc(C(=O)OCC(=O)Nc3ccc(Br)cc3)cs2)cc1OC. The third-order valence-corrected chi connectivity index (χ3v) is 5.23. The molecule has 0 aliphatic heterocycles. The summed E-state index contributed by atoms with van der Waals surface area (Å²) in [5.74, 6) is 0.0631. The molecule has 0 saturated heterocycles. The van der Waals surface area contributed by atoms with Gasteiger partial charge in [0.15, 0.2) is 23.8 Å². The van der Waals surface area contributed by atoms with Crippen molar-refractivity contribution in [2.45, 2.75) is 0 Å². The largest absolute Gasteiger partial charge is 0.493 e. The molecule has 0 aliphatic rings. The van der Waals surface area contributed by atoms with Gasteiger partial charge in [-0.15, -0.1) is 11.3 Å². The first-order chi connectivity index (χ1) is 14.0. The molecule has 0 atom stereocenters. The van der Waals surface area contributed by atoms with E-state index in [4.69, 9.17) is 14.2 Å². The van der Waals surface area contributed by atoms with Gasteiger partial charge in [0.25, 0.3) is 5.91 Å². The van der Waals surface area contributed by atoms with E-state index in [9.17, 15) is 9.59 Å². The van der Waals surface area contributed by atoms with Crippen molar-refractivity contribution in [1.82, 2.24) is 4.98 Å². The van der Waals surface area contributed by atoms with Crippen LogP contribution in [0.15, 0.2) is 52.3 Å². The minimum absolute atomic E-state index is 0.135. The average Bonchev–Trinajstić information content (AvgIpc) is 3.23. The standard InChI is InChI=1S/C20H17BrN2O5S/c1-26-16-8-3-12(9-17(16)27-2)19-23-15(11-29-19)20(25)28-10-18(24)22-14-6-4-13(21)5-7-14/h3-9,11H,10H2,1-2H3,(H,22,24). The molecule has 2 aromatic carbocycles. The summed E-state index contributed by atoms with van der Waals surface area (Å²) in [7, 11) is 3.10. The smallest absolute Gasteiger partial charge is 0.358 e. The van der Waals surface area contributed by atoms with Gasteiger partial charge in [-0.1, -0.05) is 15.9 Å². The summed E-state index contributed by atoms with van der Waals surface area (Å²) in [6.07, 6.45) is 0. The Bertz CT molecular complexity index is 1020. The molecule has 1 amide bonds. The van der Waals surface area contributed by atoms with Gasteiger partial charge < -0.3 is 19.5 Å². The topological polar surface area (TPSA) is 86.8 Å². The number of thiazole rings is 1. The number of ether oxygens (including phenoxy) is 3. The lowest BCUT2D eigenvalue weighted by Gasteiger charge is -2.08. The summed E-state index contributed by atoms with van der Waals surface area (Å²) >= 11 is 4.61. The number of aromatic nitrogens is 1. The van der Waals surface area contributed by atoms with Crippen LogP contribution in [0.5, 0.6) is 11.5 Å². The second-order valence-electron chi connectivity index (χ2n) is 5.74. The van der Waals surface area contributed by atoms with Crippen LogP contribution in [-0.4, -0.2) is 37.7 Å². The van der Waals surface area contributed by atoms with Gasteiger partial charge in [-0.05, 0) is 42.5 Å². The van der Waals surface area contributed by atoms with E-state index < -0.39 is 18.5 Å². The summed E-state index contributed by atoms with van der Waals surface area (Å²) in [4.78, 5) is 28.4. The molecule has 7 nitrogen and oxygen atoms in total. The predicted octanol–water partition coefficient (Wildman–Crippen LogP) is 4.39. The summed E-state index contributed by atoms with van der Waals surface area (Å²) < 4.78 is 16.5. The molecule has 0 spiro atoms. The highest BCUT2D eigenvalue weighted by atomic mass is 79.9. The summed E-state index contributed by atoms with van der Waals surface area (Å²) in [6.45, 7) is -0.405. The fourth-order valence-corrected chi connectivity index (χ4v) is 3.46. The number of rotatable bonds is 7. The van der Waals surface area contributed by atoms with Crippen molar-refractivity contribution in [3.8, 4) is 22.1 Å². The number of carbonyl (C=O) groups excluding carboxylic acids is 2. The molecule has 1 N–H and O–H groups in total. The van der Waals surface area contributed by atoms with E-state index in [2.05, 4.69) is 26.2 Å². The fourth-order valence-electron chi connectivity index (χ4n) is 2.40. The fraction of sp³-hybridized carbons (Fsp3) is 0.150. The van der Waals surface area contributed by atoms with E-state index in [1.807, 2.05) is 6.07 Å². The Morgan fingerprint density at radius 1 is 1.07 bits per heavy atom. The number of halogens is 1. The number of esters is 1. The van der Waals surface area contributed by atoms with Crippen LogP contribution in [0.2, 0.25) is 0 Å². The predicted molar refractivity (Wildman–Crippen MR) is 114 cm³/mol. The van der Waals surface area contributed by atoms with Crippen molar-refractivity contribution in [2.24, 2.45) is 0 Å². The number of carbonyl (C=O) groups is 2. The minimum atomic E-state index is -0.668. The number of hydrogen-bond donors (Lipinski definition) is 1. The first-order valence-corrected chi connectivity index (χ1v) is 10.1. The molecule has 9 heteroatoms. The van der Waals surface area contributed by atoms with Gasteiger partial charge in [0.05, 0.1) is 14.2 Å². The van der Waals surface area contributed by atoms with Gasteiger partial charge in [-0.25, -0.2) is 9.78 Å². The zero-order valence-corrected chi connectivity index (χ0v) is 18.0. The average molecular weight is 477 g/mol. The van der Waals surface area contributed by atoms with Crippen LogP contribution in [0.1, 0.15) is 10.5 Å². The first kappa shape index (κ1) is 20.8. The lowest BCUT2D eigenvalue weighted by Crippen LogP contribution is -2.21. The molecule has 150 valence electrons. The Hall–Kier alpha value is -2.91. The molecule has 0 bridgehead atoms. The first-order valence-electron chi connectivity index (χ1n) is 8.40. The van der Waals surface area contributed by atoms with Crippen LogP contribution in [-0.2, 0) is 9.53 Å². The van der Waals surface area contributed by atoms with Gasteiger partial charge >= 0.3 is 5.97 Å². The van der Waals surface area contributed by atoms with Crippen LogP contribution >= 0.6 is 27.3 Å². The molecule has 0 saturated carbocycles. The monoisotopic (exact) mass is 476 g/mol. The van der Waals surface area contributed by atoms with Crippen molar-refractivity contribution in [1.29, 1.82) is 0 Å². The van der Waals surface area contributed by atoms with E-state index in [0.717, 1.165) is 10.0 Å². The van der Waals surface area contributed by atoms with E-state index in [1.54, 1.807) is 56.0 Å². The number of hydrogen-bond acceptors (Lipinski definition) is 7. The van der Waals surface area contributed by atoms with Crippen LogP contribution < -0.4 is 14.8 Å². The van der Waals surface area contributed by atoms with E-state index in [1.165, 1.54) is 11.3 Å². The minimum Gasteiger partial charge on any atom is -0.493 e. The van der Waals surface area contributed by atoms with Crippen LogP contribution in [0.4, 0.5) is 5.69 Å². The second kappa shape index (κ2) is 9.53. The van der Waals surface area contributed by atoms with E-state index in [-0.39, 0.29) is 5.69 Å². The van der Waals surface area contributed by atoms with Crippen molar-refractivity contribution in [2.75, 3.05) is 26.1 Å². The molecule has 3 rings (SSSR count). The Morgan fingerprint density at radius 2 is 1.79 bits per heavy atom. The molecule has 29 heavy (non-hydrogen) atoms. The Balaban J connectivity index is 1.60. The Labute approximate surface area is 179 Å². The Morgan fingerprint density at radius 3 is 2.48 bits per heavy atom. The van der Waals surface area contributed by atoms with E-state index >= 15 is 0 Å². The number of nitrogens with zero attached hydrogens (tertiary/aromatic N) is 1. The molecule has 1 aromatic heterocycles. The van der Waals surface area contributed by atoms with E-state index in [0.29, 0.717) is 22.2 Å². The third-order valence-electron chi connectivity index (χ3n) is 3.81. The maximum atomic E-state index is 12.2. The van der Waals surface area contributed by atoms with Crippen molar-refractivity contribution in [3.63, 3.8) is 0 Å². The van der Waals surface area contributed by atoms with Crippen molar-refractivity contribution in [3.05, 3.63) is 58.0 Å². The normalized spacial score (nSPS) is 10.3. The van der Waals surface area contributed by atoms with Gasteiger partial charge in [-0.3, -0.25) is 4.79 Å². The number of benzene rings is 2. The highest BCUT2D eigenvalue weighted by molar-refractivity contribution is 9.10. The molecule has 0 unspecified atom stereocenters. The molecular formula is C20H17BrN2O5S. The number of methoxy groups -OCH3 is 2. The summed E-state index contributed by atoms with van der Waals surface area (Å²) in [5, 5.41) is 4.86. The maximum absolute atomic E-state index is 12.2. The van der Waals surface area contributed by atoms with Crippen molar-refractivity contribution < 1.29 is 23.8 Å². The quantitative estimate of drug-likeness (QED) is 0.509. The van der Waals surface area contributed by atoms with Crippen LogP contribution in [0.3, 0.4) is 0 Å². The zero-order chi connectivity index (χ0) is 20.8. The number of amides is 1. The molecule has 0 radical (unpaired) electrons. The maximum Gasteiger partial charge on any atom is 0.358 e. The highest BCUT2D eigenvalue weighted by Crippen LogP contribution is 2.33. The lowest BCUT2D eigenvalue weighted by atomic mass is 10.2. The number of anilines is 1. The number of nitrogens with one attached hydrogen (secondary N) is 1. The lowest BCUT2D eigenvalue weighted by molar-refractivity contribution is -0.119. The van der Waals surface area contributed by atoms with Gasteiger partial charge in [-0.2, -0.15) is 0 Å². The van der Waals surface area contributed by atoms with Gasteiger partial charge in [0.1, 0.15) is 5.01 Å². The Kier molecular flexibility index (Phi) is 6.84. The van der Waals surface area contributed by atoms with Crippen LogP contribution in [0.25, 0.3) is 10.6 Å². The third kappa shape index (κ3) is 5.33. The molecule has 0 fully saturated rings. The molecule has 0 aliphatic carbocycles. The van der Waals surface area contributed by atoms with Gasteiger partial charge in [0.2, 0.25) is 0 Å². The van der Waals surface area contributed by atoms with Crippen molar-refractivity contribution >= 4 is 44.8 Å². The van der Waals surface area contributed by atoms with Gasteiger partial charge in [0, 0.05) is 21.1 Å². The summed E-state index contributed by atoms with van der Waals surface area (Å²) in [6, 6.07) is 12.4. The molecule has 1 heterocycles. The second-order valence-corrected chi connectivity index (χ2v) is 7.51. The molecule has 3 aromatic rings. The van der Waals surface area contributed by atoms with Crippen LogP contribution in [0, 0.1) is 0 Å². The highest BCUT2D eigenvalue weighted by Gasteiger charge is 2.16. The zero-order valence-electron chi connectivity index (χ0n) is 15.6.